The maximum Gasteiger partial charge on any atom is 0.256 e. The summed E-state index contributed by atoms with van der Waals surface area (Å²) < 4.78 is 16.8. The molecule has 4 heterocycles. The van der Waals surface area contributed by atoms with Crippen LogP contribution in [0.1, 0.15) is 45.4 Å². The van der Waals surface area contributed by atoms with E-state index in [1.165, 1.54) is 5.56 Å². The monoisotopic (exact) mass is 485 g/mol. The Bertz CT molecular complexity index is 1320. The second-order valence-corrected chi connectivity index (χ2v) is 9.76. The van der Waals surface area contributed by atoms with E-state index >= 15 is 0 Å². The first-order valence-corrected chi connectivity index (χ1v) is 12.5. The summed E-state index contributed by atoms with van der Waals surface area (Å²) in [6, 6.07) is 16.6. The fourth-order valence-electron chi connectivity index (χ4n) is 5.96. The number of anilines is 1. The van der Waals surface area contributed by atoms with Crippen LogP contribution in [0.15, 0.2) is 48.5 Å². The molecule has 7 heteroatoms. The van der Waals surface area contributed by atoms with Gasteiger partial charge in [-0.15, -0.1) is 0 Å². The Kier molecular flexibility index (Phi) is 5.60. The quantitative estimate of drug-likeness (QED) is 0.548. The standard InChI is InChI=1S/C29H31N3O4/c1-29-22-18-26(35-3)25(34-2)16-20(22)9-10-32(29)28(33)21-17-24(31-11-13-36-14-12-31)23(30-27(21)29)15-19-7-5-4-6-8-19/h4-8,16-18H,9-15H2,1-3H3. The molecule has 1 unspecified atom stereocenters. The molecule has 2 aromatic carbocycles. The number of amides is 1. The highest BCUT2D eigenvalue weighted by atomic mass is 16.5. The van der Waals surface area contributed by atoms with Gasteiger partial charge in [-0.05, 0) is 48.2 Å². The largest absolute Gasteiger partial charge is 0.493 e. The number of benzene rings is 2. The van der Waals surface area contributed by atoms with Gasteiger partial charge in [-0.1, -0.05) is 30.3 Å². The minimum atomic E-state index is -0.672. The average Bonchev–Trinajstić information content (AvgIpc) is 3.14. The molecule has 7 nitrogen and oxygen atoms in total. The first kappa shape index (κ1) is 22.9. The van der Waals surface area contributed by atoms with Gasteiger partial charge < -0.3 is 24.0 Å². The van der Waals surface area contributed by atoms with Gasteiger partial charge in [0.15, 0.2) is 11.5 Å². The molecule has 0 bridgehead atoms. The van der Waals surface area contributed by atoms with Crippen molar-refractivity contribution in [3.63, 3.8) is 0 Å². The lowest BCUT2D eigenvalue weighted by atomic mass is 9.80. The molecule has 1 fully saturated rings. The molecule has 1 atom stereocenters. The Morgan fingerprint density at radius 2 is 1.72 bits per heavy atom. The van der Waals surface area contributed by atoms with Crippen molar-refractivity contribution in [2.45, 2.75) is 25.3 Å². The normalized spacial score (nSPS) is 20.6. The number of hydrogen-bond acceptors (Lipinski definition) is 6. The number of aromatic nitrogens is 1. The van der Waals surface area contributed by atoms with Gasteiger partial charge in [-0.2, -0.15) is 0 Å². The second kappa shape index (κ2) is 8.82. The van der Waals surface area contributed by atoms with Crippen molar-refractivity contribution in [3.05, 3.63) is 82.2 Å². The molecule has 3 aromatic rings. The van der Waals surface area contributed by atoms with Crippen LogP contribution in [-0.2, 0) is 23.1 Å². The van der Waals surface area contributed by atoms with Crippen molar-refractivity contribution >= 4 is 11.6 Å². The topological polar surface area (TPSA) is 64.1 Å². The van der Waals surface area contributed by atoms with Gasteiger partial charge in [0.25, 0.3) is 5.91 Å². The van der Waals surface area contributed by atoms with Crippen molar-refractivity contribution in [2.24, 2.45) is 0 Å². The first-order chi connectivity index (χ1) is 17.5. The molecule has 0 aliphatic carbocycles. The summed E-state index contributed by atoms with van der Waals surface area (Å²) >= 11 is 0. The number of pyridine rings is 1. The fourth-order valence-corrected chi connectivity index (χ4v) is 5.96. The maximum atomic E-state index is 13.8. The molecule has 0 spiro atoms. The van der Waals surface area contributed by atoms with Crippen molar-refractivity contribution in [2.75, 3.05) is 52.0 Å². The van der Waals surface area contributed by atoms with Crippen LogP contribution in [0.4, 0.5) is 5.69 Å². The Hall–Kier alpha value is -3.58. The van der Waals surface area contributed by atoms with E-state index in [-0.39, 0.29) is 5.91 Å². The number of hydrogen-bond donors (Lipinski definition) is 0. The zero-order valence-corrected chi connectivity index (χ0v) is 21.0. The molecule has 186 valence electrons. The molecule has 3 aliphatic rings. The second-order valence-electron chi connectivity index (χ2n) is 9.76. The van der Waals surface area contributed by atoms with E-state index in [4.69, 9.17) is 19.2 Å². The molecule has 0 saturated carbocycles. The Morgan fingerprint density at radius 3 is 2.44 bits per heavy atom. The zero-order valence-electron chi connectivity index (χ0n) is 21.0. The van der Waals surface area contributed by atoms with E-state index in [2.05, 4.69) is 42.2 Å². The van der Waals surface area contributed by atoms with Crippen LogP contribution in [0.3, 0.4) is 0 Å². The summed E-state index contributed by atoms with van der Waals surface area (Å²) in [7, 11) is 3.30. The van der Waals surface area contributed by atoms with Gasteiger partial charge >= 0.3 is 0 Å². The summed E-state index contributed by atoms with van der Waals surface area (Å²) in [5, 5.41) is 0. The van der Waals surface area contributed by atoms with Crippen LogP contribution < -0.4 is 14.4 Å². The van der Waals surface area contributed by atoms with Crippen molar-refractivity contribution in [1.82, 2.24) is 9.88 Å². The average molecular weight is 486 g/mol. The summed E-state index contributed by atoms with van der Waals surface area (Å²) in [5.74, 6) is 1.41. The fraction of sp³-hybridized carbons (Fsp3) is 0.379. The van der Waals surface area contributed by atoms with Gasteiger partial charge in [0.1, 0.15) is 5.54 Å². The molecule has 0 radical (unpaired) electrons. The Morgan fingerprint density at radius 1 is 1.00 bits per heavy atom. The highest BCUT2D eigenvalue weighted by Crippen LogP contribution is 2.50. The summed E-state index contributed by atoms with van der Waals surface area (Å²) in [6.45, 7) is 5.68. The maximum absolute atomic E-state index is 13.8. The van der Waals surface area contributed by atoms with Gasteiger partial charge in [0, 0.05) is 26.1 Å². The van der Waals surface area contributed by atoms with Gasteiger partial charge in [-0.25, -0.2) is 0 Å². The molecular weight excluding hydrogens is 454 g/mol. The van der Waals surface area contributed by atoms with Crippen molar-refractivity contribution < 1.29 is 19.0 Å². The molecule has 6 rings (SSSR count). The van der Waals surface area contributed by atoms with Crippen LogP contribution in [-0.4, -0.2) is 62.9 Å². The number of carbonyl (C=O) groups is 1. The van der Waals surface area contributed by atoms with Gasteiger partial charge in [-0.3, -0.25) is 9.78 Å². The number of methoxy groups -OCH3 is 2. The molecule has 3 aliphatic heterocycles. The molecule has 1 aromatic heterocycles. The molecule has 0 N–H and O–H groups in total. The third-order valence-electron chi connectivity index (χ3n) is 7.86. The first-order valence-electron chi connectivity index (χ1n) is 12.5. The number of ether oxygens (including phenoxy) is 3. The molecule has 1 saturated heterocycles. The predicted octanol–water partition coefficient (Wildman–Crippen LogP) is 3.80. The van der Waals surface area contributed by atoms with Crippen molar-refractivity contribution in [1.29, 1.82) is 0 Å². The lowest BCUT2D eigenvalue weighted by Crippen LogP contribution is -2.47. The number of nitrogens with zero attached hydrogens (tertiary/aromatic N) is 3. The summed E-state index contributed by atoms with van der Waals surface area (Å²) in [4.78, 5) is 23.4. The molecule has 1 amide bonds. The van der Waals surface area contributed by atoms with E-state index in [1.54, 1.807) is 14.2 Å². The van der Waals surface area contributed by atoms with Crippen LogP contribution in [0.2, 0.25) is 0 Å². The summed E-state index contributed by atoms with van der Waals surface area (Å²) in [5.41, 5.74) is 6.28. The van der Waals surface area contributed by atoms with E-state index in [9.17, 15) is 4.79 Å². The van der Waals surface area contributed by atoms with E-state index in [0.29, 0.717) is 43.2 Å². The lowest BCUT2D eigenvalue weighted by Gasteiger charge is -2.41. The minimum Gasteiger partial charge on any atom is -0.493 e. The van der Waals surface area contributed by atoms with E-state index in [1.807, 2.05) is 23.1 Å². The van der Waals surface area contributed by atoms with E-state index < -0.39 is 5.54 Å². The number of carbonyl (C=O) groups excluding carboxylic acids is 1. The summed E-state index contributed by atoms with van der Waals surface area (Å²) in [6.07, 6.45) is 1.46. The highest BCUT2D eigenvalue weighted by Gasteiger charge is 2.52. The Balaban J connectivity index is 1.54. The molecular formula is C29H31N3O4. The Labute approximate surface area is 211 Å². The minimum absolute atomic E-state index is 0.0428. The SMILES string of the molecule is COc1cc2c(cc1OC)C1(C)c3nc(Cc4ccccc4)c(N4CCOCC4)cc3C(=O)N1CC2. The highest BCUT2D eigenvalue weighted by molar-refractivity contribution is 6.01. The smallest absolute Gasteiger partial charge is 0.256 e. The van der Waals surface area contributed by atoms with Gasteiger partial charge in [0.05, 0.1) is 50.1 Å². The third-order valence-corrected chi connectivity index (χ3v) is 7.86. The number of fused-ring (bicyclic) bond motifs is 5. The van der Waals surface area contributed by atoms with E-state index in [0.717, 1.165) is 47.7 Å². The van der Waals surface area contributed by atoms with Crippen LogP contribution in [0.25, 0.3) is 0 Å². The van der Waals surface area contributed by atoms with Crippen molar-refractivity contribution in [3.8, 4) is 11.5 Å². The zero-order chi connectivity index (χ0) is 24.9. The molecule has 36 heavy (non-hydrogen) atoms. The number of morpholine rings is 1. The van der Waals surface area contributed by atoms with Crippen LogP contribution in [0.5, 0.6) is 11.5 Å². The lowest BCUT2D eigenvalue weighted by molar-refractivity contribution is 0.0626. The van der Waals surface area contributed by atoms with Gasteiger partial charge in [0.2, 0.25) is 0 Å². The van der Waals surface area contributed by atoms with Crippen LogP contribution in [0, 0.1) is 0 Å². The third kappa shape index (κ3) is 3.45. The number of rotatable bonds is 5. The van der Waals surface area contributed by atoms with Crippen LogP contribution >= 0.6 is 0 Å². The predicted molar refractivity (Wildman–Crippen MR) is 137 cm³/mol.